The van der Waals surface area contributed by atoms with Gasteiger partial charge in [-0.05, 0) is 13.0 Å². The molecule has 0 unspecified atom stereocenters. The second kappa shape index (κ2) is 5.85. The van der Waals surface area contributed by atoms with Crippen LogP contribution in [0.4, 0.5) is 0 Å². The SMILES string of the molecule is COc1cnn(CCCN)c1.Cl. The highest BCUT2D eigenvalue weighted by atomic mass is 35.5. The first-order valence-corrected chi connectivity index (χ1v) is 3.63. The van der Waals surface area contributed by atoms with E-state index in [0.717, 1.165) is 18.7 Å². The maximum Gasteiger partial charge on any atom is 0.156 e. The minimum atomic E-state index is 0. The summed E-state index contributed by atoms with van der Waals surface area (Å²) in [5, 5.41) is 4.06. The quantitative estimate of drug-likeness (QED) is 0.761. The highest BCUT2D eigenvalue weighted by molar-refractivity contribution is 5.85. The van der Waals surface area contributed by atoms with Gasteiger partial charge in [0.15, 0.2) is 5.75 Å². The molecule has 70 valence electrons. The number of nitrogens with zero attached hydrogens (tertiary/aromatic N) is 2. The lowest BCUT2D eigenvalue weighted by Crippen LogP contribution is -2.05. The van der Waals surface area contributed by atoms with Crippen LogP contribution in [0, 0.1) is 0 Å². The Morgan fingerprint density at radius 1 is 1.67 bits per heavy atom. The van der Waals surface area contributed by atoms with Crippen LogP contribution in [0.5, 0.6) is 5.75 Å². The van der Waals surface area contributed by atoms with Gasteiger partial charge in [0.25, 0.3) is 0 Å². The summed E-state index contributed by atoms with van der Waals surface area (Å²) < 4.78 is 6.79. The highest BCUT2D eigenvalue weighted by Gasteiger charge is 1.95. The molecule has 0 saturated carbocycles. The lowest BCUT2D eigenvalue weighted by Gasteiger charge is -1.96. The molecular formula is C7H14ClN3O. The summed E-state index contributed by atoms with van der Waals surface area (Å²) in [6.07, 6.45) is 4.50. The van der Waals surface area contributed by atoms with Gasteiger partial charge in [-0.15, -0.1) is 12.4 Å². The average Bonchev–Trinajstić information content (AvgIpc) is 2.48. The van der Waals surface area contributed by atoms with Crippen LogP contribution in [-0.4, -0.2) is 23.4 Å². The molecule has 0 aliphatic rings. The van der Waals surface area contributed by atoms with Crippen molar-refractivity contribution >= 4 is 12.4 Å². The first-order valence-electron chi connectivity index (χ1n) is 3.63. The van der Waals surface area contributed by atoms with Gasteiger partial charge in [-0.25, -0.2) is 0 Å². The van der Waals surface area contributed by atoms with E-state index in [1.807, 2.05) is 10.9 Å². The third kappa shape index (κ3) is 3.11. The van der Waals surface area contributed by atoms with Crippen LogP contribution in [0.3, 0.4) is 0 Å². The van der Waals surface area contributed by atoms with Gasteiger partial charge in [0.1, 0.15) is 0 Å². The topological polar surface area (TPSA) is 53.1 Å². The highest BCUT2D eigenvalue weighted by Crippen LogP contribution is 2.06. The van der Waals surface area contributed by atoms with Gasteiger partial charge < -0.3 is 10.5 Å². The van der Waals surface area contributed by atoms with E-state index in [1.54, 1.807) is 13.3 Å². The summed E-state index contributed by atoms with van der Waals surface area (Å²) >= 11 is 0. The summed E-state index contributed by atoms with van der Waals surface area (Å²) in [6.45, 7) is 1.56. The van der Waals surface area contributed by atoms with Gasteiger partial charge in [0.2, 0.25) is 0 Å². The maximum atomic E-state index is 5.34. The molecule has 0 radical (unpaired) electrons. The van der Waals surface area contributed by atoms with Crippen molar-refractivity contribution in [3.63, 3.8) is 0 Å². The molecule has 2 N–H and O–H groups in total. The van der Waals surface area contributed by atoms with Crippen molar-refractivity contribution < 1.29 is 4.74 Å². The van der Waals surface area contributed by atoms with Crippen molar-refractivity contribution in [2.45, 2.75) is 13.0 Å². The monoisotopic (exact) mass is 191 g/mol. The average molecular weight is 192 g/mol. The van der Waals surface area contributed by atoms with Gasteiger partial charge in [0.05, 0.1) is 19.5 Å². The fourth-order valence-electron chi connectivity index (χ4n) is 0.826. The van der Waals surface area contributed by atoms with Crippen molar-refractivity contribution in [3.8, 4) is 5.75 Å². The van der Waals surface area contributed by atoms with Crippen LogP contribution >= 0.6 is 12.4 Å². The number of nitrogens with two attached hydrogens (primary N) is 1. The third-order valence-corrected chi connectivity index (χ3v) is 1.44. The van der Waals surface area contributed by atoms with Crippen molar-refractivity contribution in [1.29, 1.82) is 0 Å². The number of rotatable bonds is 4. The minimum Gasteiger partial charge on any atom is -0.493 e. The Balaban J connectivity index is 0.00000121. The number of halogens is 1. The van der Waals surface area contributed by atoms with E-state index in [4.69, 9.17) is 10.5 Å². The molecule has 4 nitrogen and oxygen atoms in total. The summed E-state index contributed by atoms with van der Waals surface area (Å²) in [7, 11) is 1.63. The van der Waals surface area contributed by atoms with Crippen molar-refractivity contribution in [2.24, 2.45) is 5.73 Å². The molecule has 1 aromatic rings. The molecule has 0 spiro atoms. The predicted molar refractivity (Wildman–Crippen MR) is 49.7 cm³/mol. The Morgan fingerprint density at radius 2 is 2.42 bits per heavy atom. The van der Waals surface area contributed by atoms with E-state index in [2.05, 4.69) is 5.10 Å². The summed E-state index contributed by atoms with van der Waals surface area (Å²) in [4.78, 5) is 0. The molecule has 0 aliphatic heterocycles. The summed E-state index contributed by atoms with van der Waals surface area (Å²) in [5.41, 5.74) is 5.34. The molecule has 0 fully saturated rings. The largest absolute Gasteiger partial charge is 0.493 e. The van der Waals surface area contributed by atoms with Gasteiger partial charge in [-0.1, -0.05) is 0 Å². The fourth-order valence-corrected chi connectivity index (χ4v) is 0.826. The number of methoxy groups -OCH3 is 1. The van der Waals surface area contributed by atoms with Gasteiger partial charge >= 0.3 is 0 Å². The van der Waals surface area contributed by atoms with Gasteiger partial charge in [-0.2, -0.15) is 5.10 Å². The van der Waals surface area contributed by atoms with Crippen LogP contribution in [0.15, 0.2) is 12.4 Å². The van der Waals surface area contributed by atoms with Crippen LogP contribution in [0.1, 0.15) is 6.42 Å². The molecule has 0 atom stereocenters. The van der Waals surface area contributed by atoms with Gasteiger partial charge in [0, 0.05) is 6.54 Å². The molecular weight excluding hydrogens is 178 g/mol. The molecule has 12 heavy (non-hydrogen) atoms. The summed E-state index contributed by atoms with van der Waals surface area (Å²) in [6, 6.07) is 0. The standard InChI is InChI=1S/C7H13N3O.ClH/c1-11-7-5-9-10(6-7)4-2-3-8;/h5-6H,2-4,8H2,1H3;1H. The zero-order valence-corrected chi connectivity index (χ0v) is 7.88. The lowest BCUT2D eigenvalue weighted by molar-refractivity contribution is 0.413. The smallest absolute Gasteiger partial charge is 0.156 e. The fraction of sp³-hybridized carbons (Fsp3) is 0.571. The summed E-state index contributed by atoms with van der Waals surface area (Å²) in [5.74, 6) is 0.794. The van der Waals surface area contributed by atoms with Crippen LogP contribution in [0.2, 0.25) is 0 Å². The number of aryl methyl sites for hydroxylation is 1. The second-order valence-corrected chi connectivity index (χ2v) is 2.29. The van der Waals surface area contributed by atoms with Crippen LogP contribution in [0.25, 0.3) is 0 Å². The Bertz CT molecular complexity index is 214. The van der Waals surface area contributed by atoms with Crippen LogP contribution in [-0.2, 0) is 6.54 Å². The molecule has 0 amide bonds. The maximum absolute atomic E-state index is 5.34. The molecule has 0 bridgehead atoms. The second-order valence-electron chi connectivity index (χ2n) is 2.29. The Labute approximate surface area is 78.1 Å². The zero-order valence-electron chi connectivity index (χ0n) is 7.06. The molecule has 0 aliphatic carbocycles. The lowest BCUT2D eigenvalue weighted by atomic mass is 10.4. The number of ether oxygens (including phenoxy) is 1. The zero-order chi connectivity index (χ0) is 8.10. The van der Waals surface area contributed by atoms with E-state index < -0.39 is 0 Å². The minimum absolute atomic E-state index is 0. The molecule has 1 aromatic heterocycles. The molecule has 0 saturated heterocycles. The Kier molecular flexibility index (Phi) is 5.49. The van der Waals surface area contributed by atoms with E-state index in [0.29, 0.717) is 6.54 Å². The van der Waals surface area contributed by atoms with E-state index in [-0.39, 0.29) is 12.4 Å². The molecule has 1 rings (SSSR count). The molecule has 0 aromatic carbocycles. The van der Waals surface area contributed by atoms with E-state index >= 15 is 0 Å². The first-order chi connectivity index (χ1) is 5.36. The van der Waals surface area contributed by atoms with Crippen molar-refractivity contribution in [2.75, 3.05) is 13.7 Å². The Hall–Kier alpha value is -0.740. The molecule has 5 heteroatoms. The van der Waals surface area contributed by atoms with Gasteiger partial charge in [-0.3, -0.25) is 4.68 Å². The van der Waals surface area contributed by atoms with E-state index in [1.165, 1.54) is 0 Å². The molecule has 1 heterocycles. The first kappa shape index (κ1) is 11.3. The number of hydrogen-bond acceptors (Lipinski definition) is 3. The normalized spacial score (nSPS) is 9.17. The van der Waals surface area contributed by atoms with E-state index in [9.17, 15) is 0 Å². The number of hydrogen-bond donors (Lipinski definition) is 1. The predicted octanol–water partition coefficient (Wildman–Crippen LogP) is 0.662. The number of aromatic nitrogens is 2. The van der Waals surface area contributed by atoms with Crippen LogP contribution < -0.4 is 10.5 Å². The van der Waals surface area contributed by atoms with Crippen molar-refractivity contribution in [1.82, 2.24) is 9.78 Å². The third-order valence-electron chi connectivity index (χ3n) is 1.44. The Morgan fingerprint density at radius 3 is 2.92 bits per heavy atom. The van der Waals surface area contributed by atoms with Crippen molar-refractivity contribution in [3.05, 3.63) is 12.4 Å².